The third-order valence-corrected chi connectivity index (χ3v) is 4.27. The molecule has 2 aromatic rings. The molecule has 0 amide bonds. The van der Waals surface area contributed by atoms with Crippen LogP contribution in [0.2, 0.25) is 0 Å². The summed E-state index contributed by atoms with van der Waals surface area (Å²) in [6.45, 7) is 1.44. The Kier molecular flexibility index (Phi) is 4.31. The minimum absolute atomic E-state index is 0.149. The van der Waals surface area contributed by atoms with Crippen LogP contribution in [-0.4, -0.2) is 29.9 Å². The van der Waals surface area contributed by atoms with Crippen LogP contribution < -0.4 is 4.72 Å². The predicted octanol–water partition coefficient (Wildman–Crippen LogP) is 0.873. The van der Waals surface area contributed by atoms with Gasteiger partial charge in [-0.05, 0) is 24.6 Å². The third-order valence-electron chi connectivity index (χ3n) is 2.75. The summed E-state index contributed by atoms with van der Waals surface area (Å²) in [6.07, 6.45) is 3.00. The fourth-order valence-electron chi connectivity index (χ4n) is 1.79. The standard InChI is InChI=1S/C14H15N3O3S/c1-11-5-6-12(4-3-7-18)8-14(11)21(19,20)16-13-9-15-17(2)10-13/h5-6,8-10,16,18H,7H2,1-2H3. The topological polar surface area (TPSA) is 84.2 Å². The molecule has 1 aromatic carbocycles. The van der Waals surface area contributed by atoms with Gasteiger partial charge in [-0.2, -0.15) is 5.10 Å². The number of nitrogens with one attached hydrogen (secondary N) is 1. The number of hydrogen-bond acceptors (Lipinski definition) is 4. The van der Waals surface area contributed by atoms with E-state index in [9.17, 15) is 8.42 Å². The summed E-state index contributed by atoms with van der Waals surface area (Å²) in [5.41, 5.74) is 1.53. The molecule has 2 rings (SSSR count). The number of benzene rings is 1. The Balaban J connectivity index is 2.39. The fourth-order valence-corrected chi connectivity index (χ4v) is 3.09. The van der Waals surface area contributed by atoms with Gasteiger partial charge in [-0.1, -0.05) is 17.9 Å². The quantitative estimate of drug-likeness (QED) is 0.824. The van der Waals surface area contributed by atoms with Gasteiger partial charge in [-0.15, -0.1) is 0 Å². The second kappa shape index (κ2) is 5.99. The van der Waals surface area contributed by atoms with E-state index >= 15 is 0 Å². The van der Waals surface area contributed by atoms with Crippen molar-refractivity contribution < 1.29 is 13.5 Å². The molecule has 6 nitrogen and oxygen atoms in total. The highest BCUT2D eigenvalue weighted by atomic mass is 32.2. The fraction of sp³-hybridized carbons (Fsp3) is 0.214. The van der Waals surface area contributed by atoms with Crippen molar-refractivity contribution in [2.24, 2.45) is 7.05 Å². The lowest BCUT2D eigenvalue weighted by atomic mass is 10.1. The van der Waals surface area contributed by atoms with Crippen LogP contribution in [0, 0.1) is 18.8 Å². The van der Waals surface area contributed by atoms with Gasteiger partial charge in [0.15, 0.2) is 0 Å². The average Bonchev–Trinajstić information content (AvgIpc) is 2.82. The van der Waals surface area contributed by atoms with Gasteiger partial charge in [0.2, 0.25) is 0 Å². The molecule has 21 heavy (non-hydrogen) atoms. The van der Waals surface area contributed by atoms with E-state index in [4.69, 9.17) is 5.11 Å². The molecule has 0 aliphatic carbocycles. The zero-order chi connectivity index (χ0) is 15.5. The van der Waals surface area contributed by atoms with E-state index in [2.05, 4.69) is 21.7 Å². The Bertz CT molecular complexity index is 813. The van der Waals surface area contributed by atoms with Gasteiger partial charge >= 0.3 is 0 Å². The number of aliphatic hydroxyl groups is 1. The van der Waals surface area contributed by atoms with Crippen LogP contribution in [0.4, 0.5) is 5.69 Å². The number of sulfonamides is 1. The maximum absolute atomic E-state index is 12.4. The molecule has 0 aliphatic heterocycles. The van der Waals surface area contributed by atoms with E-state index in [-0.39, 0.29) is 11.5 Å². The van der Waals surface area contributed by atoms with E-state index in [1.165, 1.54) is 16.9 Å². The summed E-state index contributed by atoms with van der Waals surface area (Å²) in [5, 5.41) is 12.6. The number of hydrogen-bond donors (Lipinski definition) is 2. The Hall–Kier alpha value is -2.30. The van der Waals surface area contributed by atoms with Crippen molar-refractivity contribution in [3.8, 4) is 11.8 Å². The van der Waals surface area contributed by atoms with Crippen molar-refractivity contribution in [2.75, 3.05) is 11.3 Å². The summed E-state index contributed by atoms with van der Waals surface area (Å²) in [5.74, 6) is 5.19. The van der Waals surface area contributed by atoms with Crippen LogP contribution >= 0.6 is 0 Å². The third kappa shape index (κ3) is 3.62. The number of rotatable bonds is 3. The van der Waals surface area contributed by atoms with Crippen LogP contribution in [0.3, 0.4) is 0 Å². The molecule has 110 valence electrons. The van der Waals surface area contributed by atoms with Crippen molar-refractivity contribution in [1.82, 2.24) is 9.78 Å². The highest BCUT2D eigenvalue weighted by Gasteiger charge is 2.18. The van der Waals surface area contributed by atoms with Crippen molar-refractivity contribution in [1.29, 1.82) is 0 Å². The Morgan fingerprint density at radius 2 is 2.19 bits per heavy atom. The average molecular weight is 305 g/mol. The van der Waals surface area contributed by atoms with E-state index in [1.807, 2.05) is 0 Å². The molecule has 0 atom stereocenters. The summed E-state index contributed by atoms with van der Waals surface area (Å²) in [4.78, 5) is 0.149. The Morgan fingerprint density at radius 3 is 2.81 bits per heavy atom. The minimum atomic E-state index is -3.71. The molecule has 0 unspecified atom stereocenters. The van der Waals surface area contributed by atoms with Crippen molar-refractivity contribution in [3.63, 3.8) is 0 Å². The molecule has 0 saturated heterocycles. The number of aliphatic hydroxyl groups excluding tert-OH is 1. The highest BCUT2D eigenvalue weighted by Crippen LogP contribution is 2.20. The molecule has 2 N–H and O–H groups in total. The SMILES string of the molecule is Cc1ccc(C#CCO)cc1S(=O)(=O)Nc1cnn(C)c1. The number of aryl methyl sites for hydroxylation is 2. The van der Waals surface area contributed by atoms with Crippen molar-refractivity contribution in [2.45, 2.75) is 11.8 Å². The molecule has 0 radical (unpaired) electrons. The first-order valence-electron chi connectivity index (χ1n) is 6.14. The van der Waals surface area contributed by atoms with Crippen molar-refractivity contribution >= 4 is 15.7 Å². The smallest absolute Gasteiger partial charge is 0.262 e. The van der Waals surface area contributed by atoms with Crippen LogP contribution in [-0.2, 0) is 17.1 Å². The molecule has 1 heterocycles. The summed E-state index contributed by atoms with van der Waals surface area (Å²) >= 11 is 0. The molecule has 0 saturated carbocycles. The monoisotopic (exact) mass is 305 g/mol. The number of nitrogens with zero attached hydrogens (tertiary/aromatic N) is 2. The maximum atomic E-state index is 12.4. The van der Waals surface area contributed by atoms with Gasteiger partial charge in [0.1, 0.15) is 6.61 Å². The van der Waals surface area contributed by atoms with Crippen LogP contribution in [0.1, 0.15) is 11.1 Å². The first kappa shape index (κ1) is 15.1. The van der Waals surface area contributed by atoms with Crippen LogP contribution in [0.15, 0.2) is 35.5 Å². The molecule has 7 heteroatoms. The van der Waals surface area contributed by atoms with E-state index in [0.29, 0.717) is 16.8 Å². The van der Waals surface area contributed by atoms with E-state index in [0.717, 1.165) is 0 Å². The number of aromatic nitrogens is 2. The van der Waals surface area contributed by atoms with E-state index in [1.54, 1.807) is 32.3 Å². The first-order valence-corrected chi connectivity index (χ1v) is 7.62. The maximum Gasteiger partial charge on any atom is 0.262 e. The molecule has 0 aliphatic rings. The predicted molar refractivity (Wildman–Crippen MR) is 79.2 cm³/mol. The summed E-state index contributed by atoms with van der Waals surface area (Å²) < 4.78 is 28.8. The van der Waals surface area contributed by atoms with Gasteiger partial charge in [0.05, 0.1) is 16.8 Å². The highest BCUT2D eigenvalue weighted by molar-refractivity contribution is 7.92. The Morgan fingerprint density at radius 1 is 1.43 bits per heavy atom. The van der Waals surface area contributed by atoms with Gasteiger partial charge < -0.3 is 5.11 Å². The Labute approximate surface area is 123 Å². The van der Waals surface area contributed by atoms with Gasteiger partial charge in [-0.25, -0.2) is 8.42 Å². The molecular weight excluding hydrogens is 290 g/mol. The lowest BCUT2D eigenvalue weighted by molar-refractivity contribution is 0.350. The lowest BCUT2D eigenvalue weighted by Gasteiger charge is -2.09. The summed E-state index contributed by atoms with van der Waals surface area (Å²) in [7, 11) is -2.01. The molecular formula is C14H15N3O3S. The zero-order valence-corrected chi connectivity index (χ0v) is 12.5. The first-order chi connectivity index (χ1) is 9.92. The molecule has 0 fully saturated rings. The lowest BCUT2D eigenvalue weighted by Crippen LogP contribution is -2.14. The number of anilines is 1. The molecule has 0 bridgehead atoms. The van der Waals surface area contributed by atoms with Gasteiger partial charge in [0.25, 0.3) is 10.0 Å². The van der Waals surface area contributed by atoms with Crippen LogP contribution in [0.5, 0.6) is 0 Å². The second-order valence-corrected chi connectivity index (χ2v) is 6.10. The molecule has 1 aromatic heterocycles. The van der Waals surface area contributed by atoms with Crippen LogP contribution in [0.25, 0.3) is 0 Å². The zero-order valence-electron chi connectivity index (χ0n) is 11.7. The van der Waals surface area contributed by atoms with Gasteiger partial charge in [-0.3, -0.25) is 9.40 Å². The summed E-state index contributed by atoms with van der Waals surface area (Å²) in [6, 6.07) is 4.87. The molecule has 0 spiro atoms. The van der Waals surface area contributed by atoms with E-state index < -0.39 is 10.0 Å². The van der Waals surface area contributed by atoms with Gasteiger partial charge in [0, 0.05) is 18.8 Å². The minimum Gasteiger partial charge on any atom is -0.384 e. The largest absolute Gasteiger partial charge is 0.384 e. The second-order valence-electron chi connectivity index (χ2n) is 4.45. The normalized spacial score (nSPS) is 10.8. The van der Waals surface area contributed by atoms with Crippen molar-refractivity contribution in [3.05, 3.63) is 41.7 Å².